The summed E-state index contributed by atoms with van der Waals surface area (Å²) in [6.45, 7) is -0.00501. The fraction of sp³-hybridized carbons (Fsp3) is 0.154. The summed E-state index contributed by atoms with van der Waals surface area (Å²) in [6, 6.07) is 7.85. The van der Waals surface area contributed by atoms with Gasteiger partial charge in [-0.2, -0.15) is 0 Å². The summed E-state index contributed by atoms with van der Waals surface area (Å²) < 4.78 is 26.4. The molecule has 0 aliphatic heterocycles. The van der Waals surface area contributed by atoms with Crippen LogP contribution in [0.4, 0.5) is 0 Å². The maximum Gasteiger partial charge on any atom is 0.352 e. The number of hydrogen-bond acceptors (Lipinski definition) is 4. The van der Waals surface area contributed by atoms with Crippen LogP contribution in [-0.2, 0) is 23.2 Å². The van der Waals surface area contributed by atoms with Crippen LogP contribution in [0, 0.1) is 0 Å². The van der Waals surface area contributed by atoms with Crippen molar-refractivity contribution in [2.45, 2.75) is 18.0 Å². The van der Waals surface area contributed by atoms with Gasteiger partial charge in [-0.15, -0.1) is 0 Å². The number of carbonyl (C=O) groups is 1. The van der Waals surface area contributed by atoms with Gasteiger partial charge in [-0.05, 0) is 17.2 Å². The third kappa shape index (κ3) is 3.69. The smallest absolute Gasteiger partial charge is 0.352 e. The predicted molar refractivity (Wildman–Crippen MR) is 74.1 cm³/mol. The van der Waals surface area contributed by atoms with Crippen LogP contribution in [0.25, 0.3) is 0 Å². The number of carboxylic acids is 1. The van der Waals surface area contributed by atoms with E-state index in [9.17, 15) is 13.2 Å². The molecule has 8 heteroatoms. The number of nitrogens with one attached hydrogen (secondary N) is 2. The Hall–Kier alpha value is -2.16. The minimum absolute atomic E-state index is 0.0711. The van der Waals surface area contributed by atoms with Gasteiger partial charge in [0.2, 0.25) is 10.0 Å². The molecule has 0 fully saturated rings. The fourth-order valence-electron chi connectivity index (χ4n) is 1.68. The van der Waals surface area contributed by atoms with E-state index < -0.39 is 16.0 Å². The van der Waals surface area contributed by atoms with Gasteiger partial charge in [-0.25, -0.2) is 17.9 Å². The third-order valence-electron chi connectivity index (χ3n) is 2.87. The number of aromatic carboxylic acids is 1. The van der Waals surface area contributed by atoms with E-state index in [1.807, 2.05) is 0 Å². The van der Waals surface area contributed by atoms with Crippen LogP contribution in [0.2, 0.25) is 0 Å². The molecule has 0 aliphatic carbocycles. The summed E-state index contributed by atoms with van der Waals surface area (Å²) in [5.74, 6) is -1.23. The second kappa shape index (κ2) is 6.08. The van der Waals surface area contributed by atoms with Gasteiger partial charge in [0, 0.05) is 12.7 Å². The zero-order chi connectivity index (χ0) is 15.5. The van der Waals surface area contributed by atoms with E-state index in [2.05, 4.69) is 9.71 Å². The van der Waals surface area contributed by atoms with E-state index in [0.29, 0.717) is 0 Å². The molecule has 1 heterocycles. The summed E-state index contributed by atoms with van der Waals surface area (Å²) in [5.41, 5.74) is 1.27. The largest absolute Gasteiger partial charge is 0.477 e. The van der Waals surface area contributed by atoms with E-state index in [1.165, 1.54) is 0 Å². The van der Waals surface area contributed by atoms with Crippen LogP contribution >= 0.6 is 0 Å². The summed E-state index contributed by atoms with van der Waals surface area (Å²) in [4.78, 5) is 13.0. The molecule has 0 aliphatic rings. The molecule has 0 radical (unpaired) electrons. The second-order valence-corrected chi connectivity index (χ2v) is 6.12. The molecule has 7 nitrogen and oxygen atoms in total. The molecule has 0 bridgehead atoms. The first-order chi connectivity index (χ1) is 9.92. The van der Waals surface area contributed by atoms with Crippen molar-refractivity contribution in [1.82, 2.24) is 9.71 Å². The Morgan fingerprint density at radius 2 is 1.81 bits per heavy atom. The standard InChI is InChI=1S/C13H14N2O5S/c16-8-10-3-1-9(2-4-10)6-15-21(19,20)11-5-12(13(17)18)14-7-11/h1-5,7,14-16H,6,8H2,(H,17,18). The van der Waals surface area contributed by atoms with Crippen LogP contribution < -0.4 is 4.72 Å². The van der Waals surface area contributed by atoms with Gasteiger partial charge < -0.3 is 15.2 Å². The van der Waals surface area contributed by atoms with Crippen LogP contribution in [0.1, 0.15) is 21.6 Å². The van der Waals surface area contributed by atoms with Crippen LogP contribution in [-0.4, -0.2) is 29.6 Å². The van der Waals surface area contributed by atoms with Crippen molar-refractivity contribution >= 4 is 16.0 Å². The minimum Gasteiger partial charge on any atom is -0.477 e. The molecule has 0 atom stereocenters. The zero-order valence-corrected chi connectivity index (χ0v) is 11.7. The van der Waals surface area contributed by atoms with E-state index in [-0.39, 0.29) is 23.7 Å². The van der Waals surface area contributed by atoms with Gasteiger partial charge in [0.05, 0.1) is 6.61 Å². The molecule has 4 N–H and O–H groups in total. The van der Waals surface area contributed by atoms with Gasteiger partial charge in [0.15, 0.2) is 0 Å². The predicted octanol–water partition coefficient (Wildman–Crippen LogP) is 0.684. The molecule has 2 aromatic rings. The Morgan fingerprint density at radius 1 is 1.19 bits per heavy atom. The lowest BCUT2D eigenvalue weighted by Crippen LogP contribution is -2.22. The van der Waals surface area contributed by atoms with Crippen molar-refractivity contribution in [2.75, 3.05) is 0 Å². The number of sulfonamides is 1. The van der Waals surface area contributed by atoms with E-state index in [1.54, 1.807) is 24.3 Å². The second-order valence-electron chi connectivity index (χ2n) is 4.35. The molecule has 1 aromatic heterocycles. The van der Waals surface area contributed by atoms with Gasteiger partial charge in [0.25, 0.3) is 0 Å². The SMILES string of the molecule is O=C(O)c1cc(S(=O)(=O)NCc2ccc(CO)cc2)c[nH]1. The van der Waals surface area contributed by atoms with Crippen molar-refractivity contribution in [3.63, 3.8) is 0 Å². The number of H-pyrrole nitrogens is 1. The monoisotopic (exact) mass is 310 g/mol. The highest BCUT2D eigenvalue weighted by Crippen LogP contribution is 2.12. The summed E-state index contributed by atoms with van der Waals surface area (Å²) in [7, 11) is -3.78. The molecular weight excluding hydrogens is 296 g/mol. The number of aromatic nitrogens is 1. The number of aliphatic hydroxyl groups excluding tert-OH is 1. The van der Waals surface area contributed by atoms with Crippen LogP contribution in [0.15, 0.2) is 41.4 Å². The number of rotatable bonds is 6. The number of benzene rings is 1. The first-order valence-corrected chi connectivity index (χ1v) is 7.51. The van der Waals surface area contributed by atoms with Crippen molar-refractivity contribution in [2.24, 2.45) is 0 Å². The highest BCUT2D eigenvalue weighted by molar-refractivity contribution is 7.89. The molecular formula is C13H14N2O5S. The molecule has 0 unspecified atom stereocenters. The minimum atomic E-state index is -3.78. The topological polar surface area (TPSA) is 119 Å². The van der Waals surface area contributed by atoms with Crippen LogP contribution in [0.5, 0.6) is 0 Å². The Morgan fingerprint density at radius 3 is 2.33 bits per heavy atom. The van der Waals surface area contributed by atoms with Gasteiger partial charge in [0.1, 0.15) is 10.6 Å². The summed E-state index contributed by atoms with van der Waals surface area (Å²) >= 11 is 0. The molecule has 112 valence electrons. The molecule has 0 saturated heterocycles. The molecule has 0 amide bonds. The maximum atomic E-state index is 12.0. The van der Waals surface area contributed by atoms with E-state index in [0.717, 1.165) is 23.4 Å². The average Bonchev–Trinajstić information content (AvgIpc) is 2.97. The highest BCUT2D eigenvalue weighted by atomic mass is 32.2. The molecule has 1 aromatic carbocycles. The van der Waals surface area contributed by atoms with Gasteiger partial charge in [-0.3, -0.25) is 0 Å². The first-order valence-electron chi connectivity index (χ1n) is 6.02. The fourth-order valence-corrected chi connectivity index (χ4v) is 2.69. The third-order valence-corrected chi connectivity index (χ3v) is 4.25. The van der Waals surface area contributed by atoms with Crippen molar-refractivity contribution < 1.29 is 23.4 Å². The Balaban J connectivity index is 2.07. The first kappa shape index (κ1) is 15.2. The maximum absolute atomic E-state index is 12.0. The van der Waals surface area contributed by atoms with Crippen molar-refractivity contribution in [3.05, 3.63) is 53.3 Å². The Labute approximate surface area is 121 Å². The quantitative estimate of drug-likeness (QED) is 0.625. The lowest BCUT2D eigenvalue weighted by Gasteiger charge is -2.05. The number of aliphatic hydroxyl groups is 1. The molecule has 0 saturated carbocycles. The number of carboxylic acid groups (broad SMARTS) is 1. The molecule has 0 spiro atoms. The van der Waals surface area contributed by atoms with Crippen molar-refractivity contribution in [1.29, 1.82) is 0 Å². The lowest BCUT2D eigenvalue weighted by atomic mass is 10.1. The van der Waals surface area contributed by atoms with E-state index >= 15 is 0 Å². The average molecular weight is 310 g/mol. The van der Waals surface area contributed by atoms with Gasteiger partial charge in [-0.1, -0.05) is 24.3 Å². The number of hydrogen-bond donors (Lipinski definition) is 4. The number of aromatic amines is 1. The summed E-state index contributed by atoms with van der Waals surface area (Å²) in [5, 5.41) is 17.7. The van der Waals surface area contributed by atoms with Crippen molar-refractivity contribution in [3.8, 4) is 0 Å². The Bertz CT molecular complexity index is 734. The van der Waals surface area contributed by atoms with Gasteiger partial charge >= 0.3 is 5.97 Å². The zero-order valence-electron chi connectivity index (χ0n) is 10.9. The Kier molecular flexibility index (Phi) is 4.41. The highest BCUT2D eigenvalue weighted by Gasteiger charge is 2.17. The summed E-state index contributed by atoms with van der Waals surface area (Å²) in [6.07, 6.45) is 1.13. The van der Waals surface area contributed by atoms with E-state index in [4.69, 9.17) is 10.2 Å². The lowest BCUT2D eigenvalue weighted by molar-refractivity contribution is 0.0691. The van der Waals surface area contributed by atoms with Crippen LogP contribution in [0.3, 0.4) is 0 Å². The molecule has 21 heavy (non-hydrogen) atoms. The molecule has 2 rings (SSSR count). The normalized spacial score (nSPS) is 11.5.